The fraction of sp³-hybridized carbons (Fsp3) is 0.375. The van der Waals surface area contributed by atoms with Gasteiger partial charge < -0.3 is 24.8 Å². The second-order valence-corrected chi connectivity index (χ2v) is 7.86. The van der Waals surface area contributed by atoms with E-state index in [0.717, 1.165) is 23.3 Å². The topological polar surface area (TPSA) is 106 Å². The summed E-state index contributed by atoms with van der Waals surface area (Å²) in [5.74, 6) is 0.0707. The lowest BCUT2D eigenvalue weighted by molar-refractivity contribution is -0.133. The van der Waals surface area contributed by atoms with E-state index >= 15 is 0 Å². The number of nitrogens with one attached hydrogen (secondary N) is 2. The maximum atomic E-state index is 13.1. The van der Waals surface area contributed by atoms with Crippen molar-refractivity contribution < 1.29 is 28.6 Å². The first kappa shape index (κ1) is 23.9. The van der Waals surface area contributed by atoms with Gasteiger partial charge in [0.2, 0.25) is 11.7 Å². The highest BCUT2D eigenvalue weighted by Crippen LogP contribution is 2.40. The van der Waals surface area contributed by atoms with E-state index in [4.69, 9.17) is 14.2 Å². The molecule has 9 heteroatoms. The molecule has 0 aromatic heterocycles. The summed E-state index contributed by atoms with van der Waals surface area (Å²) in [5, 5.41) is 5.39. The van der Waals surface area contributed by atoms with Crippen LogP contribution in [0.4, 0.5) is 10.5 Å². The summed E-state index contributed by atoms with van der Waals surface area (Å²) >= 11 is 0. The number of rotatable bonds is 9. The summed E-state index contributed by atoms with van der Waals surface area (Å²) in [7, 11) is 4.40. The summed E-state index contributed by atoms with van der Waals surface area (Å²) in [5.41, 5.74) is 0.946. The van der Waals surface area contributed by atoms with Gasteiger partial charge >= 0.3 is 6.03 Å². The maximum absolute atomic E-state index is 13.1. The molecule has 1 saturated heterocycles. The Bertz CT molecular complexity index is 1030. The number of urea groups is 1. The first-order valence-corrected chi connectivity index (χ1v) is 10.6. The number of benzene rings is 2. The van der Waals surface area contributed by atoms with Crippen molar-refractivity contribution in [3.8, 4) is 17.2 Å². The van der Waals surface area contributed by atoms with Crippen LogP contribution >= 0.6 is 0 Å². The second kappa shape index (κ2) is 9.81. The van der Waals surface area contributed by atoms with E-state index < -0.39 is 29.9 Å². The van der Waals surface area contributed by atoms with Crippen LogP contribution in [0.3, 0.4) is 0 Å². The molecule has 1 aliphatic heterocycles. The summed E-state index contributed by atoms with van der Waals surface area (Å²) in [6.07, 6.45) is 1.95. The third kappa shape index (κ3) is 4.72. The summed E-state index contributed by atoms with van der Waals surface area (Å²) in [6.45, 7) is 3.29. The van der Waals surface area contributed by atoms with E-state index in [9.17, 15) is 14.4 Å². The molecule has 1 heterocycles. The van der Waals surface area contributed by atoms with E-state index in [1.807, 2.05) is 24.3 Å². The fourth-order valence-corrected chi connectivity index (χ4v) is 3.83. The quantitative estimate of drug-likeness (QED) is 0.563. The minimum atomic E-state index is -1.24. The van der Waals surface area contributed by atoms with Gasteiger partial charge in [-0.1, -0.05) is 37.6 Å². The van der Waals surface area contributed by atoms with E-state index in [0.29, 0.717) is 28.5 Å². The second-order valence-electron chi connectivity index (χ2n) is 7.86. The van der Waals surface area contributed by atoms with Crippen molar-refractivity contribution in [2.75, 3.05) is 33.2 Å². The predicted molar refractivity (Wildman–Crippen MR) is 123 cm³/mol. The number of nitrogens with zero attached hydrogens (tertiary/aromatic N) is 1. The van der Waals surface area contributed by atoms with Gasteiger partial charge in [-0.25, -0.2) is 4.79 Å². The van der Waals surface area contributed by atoms with Gasteiger partial charge in [-0.15, -0.1) is 0 Å². The molecule has 0 saturated carbocycles. The van der Waals surface area contributed by atoms with Gasteiger partial charge in [0.1, 0.15) is 12.1 Å². The van der Waals surface area contributed by atoms with Crippen molar-refractivity contribution in [2.45, 2.75) is 32.2 Å². The first-order chi connectivity index (χ1) is 15.8. The smallest absolute Gasteiger partial charge is 0.325 e. The van der Waals surface area contributed by atoms with Crippen LogP contribution in [-0.2, 0) is 21.5 Å². The Labute approximate surface area is 193 Å². The van der Waals surface area contributed by atoms with Crippen molar-refractivity contribution >= 4 is 23.5 Å². The van der Waals surface area contributed by atoms with Crippen molar-refractivity contribution in [2.24, 2.45) is 0 Å². The number of imide groups is 1. The lowest BCUT2D eigenvalue weighted by Crippen LogP contribution is -2.42. The molecule has 0 radical (unpaired) electrons. The Morgan fingerprint density at radius 2 is 1.64 bits per heavy atom. The number of carbonyl (C=O) groups is 3. The van der Waals surface area contributed by atoms with Crippen LogP contribution in [0.5, 0.6) is 17.2 Å². The number of anilines is 1. The fourth-order valence-electron chi connectivity index (χ4n) is 3.83. The molecule has 1 unspecified atom stereocenters. The largest absolute Gasteiger partial charge is 0.493 e. The number of ether oxygens (including phenoxy) is 3. The van der Waals surface area contributed by atoms with Crippen molar-refractivity contribution in [1.82, 2.24) is 10.2 Å². The third-order valence-electron chi connectivity index (χ3n) is 5.60. The highest BCUT2D eigenvalue weighted by molar-refractivity contribution is 6.10. The molecule has 2 N–H and O–H groups in total. The van der Waals surface area contributed by atoms with Gasteiger partial charge in [0.05, 0.1) is 21.3 Å². The van der Waals surface area contributed by atoms with Crippen molar-refractivity contribution in [3.05, 3.63) is 47.5 Å². The molecule has 1 aliphatic rings. The molecule has 33 heavy (non-hydrogen) atoms. The number of hydrogen-bond donors (Lipinski definition) is 2. The normalized spacial score (nSPS) is 17.5. The van der Waals surface area contributed by atoms with Crippen molar-refractivity contribution in [3.63, 3.8) is 0 Å². The molecule has 3 rings (SSSR count). The number of methoxy groups -OCH3 is 3. The van der Waals surface area contributed by atoms with E-state index in [-0.39, 0.29) is 0 Å². The summed E-state index contributed by atoms with van der Waals surface area (Å²) in [6, 6.07) is 10.1. The zero-order chi connectivity index (χ0) is 24.2. The Morgan fingerprint density at radius 3 is 2.15 bits per heavy atom. The van der Waals surface area contributed by atoms with Gasteiger partial charge in [-0.2, -0.15) is 0 Å². The molecule has 2 aromatic carbocycles. The first-order valence-electron chi connectivity index (χ1n) is 10.6. The molecule has 0 spiro atoms. The molecule has 176 valence electrons. The predicted octanol–water partition coefficient (Wildman–Crippen LogP) is 3.07. The average molecular weight is 456 g/mol. The van der Waals surface area contributed by atoms with Crippen LogP contribution in [0.2, 0.25) is 0 Å². The van der Waals surface area contributed by atoms with Crippen LogP contribution in [0, 0.1) is 0 Å². The zero-order valence-electron chi connectivity index (χ0n) is 19.5. The molecule has 2 aromatic rings. The number of hydrogen-bond acceptors (Lipinski definition) is 6. The van der Waals surface area contributed by atoms with Crippen LogP contribution < -0.4 is 24.8 Å². The monoisotopic (exact) mass is 455 g/mol. The van der Waals surface area contributed by atoms with E-state index in [2.05, 4.69) is 17.6 Å². The van der Waals surface area contributed by atoms with Crippen LogP contribution in [-0.4, -0.2) is 50.6 Å². The maximum Gasteiger partial charge on any atom is 0.325 e. The van der Waals surface area contributed by atoms with E-state index in [1.54, 1.807) is 19.1 Å². The van der Waals surface area contributed by atoms with Crippen LogP contribution in [0.15, 0.2) is 36.4 Å². The van der Waals surface area contributed by atoms with Gasteiger partial charge in [-0.05, 0) is 24.5 Å². The number of carbonyl (C=O) groups excluding carboxylic acids is 3. The molecule has 0 aliphatic carbocycles. The lowest BCUT2D eigenvalue weighted by atomic mass is 9.91. The summed E-state index contributed by atoms with van der Waals surface area (Å²) in [4.78, 5) is 39.3. The van der Waals surface area contributed by atoms with Crippen LogP contribution in [0.1, 0.15) is 31.4 Å². The van der Waals surface area contributed by atoms with Gasteiger partial charge in [0.25, 0.3) is 5.91 Å². The molecule has 0 bridgehead atoms. The third-order valence-corrected chi connectivity index (χ3v) is 5.60. The Kier molecular flexibility index (Phi) is 7.10. The number of amides is 4. The molecular formula is C24H29N3O6. The summed E-state index contributed by atoms with van der Waals surface area (Å²) < 4.78 is 15.8. The van der Waals surface area contributed by atoms with E-state index in [1.165, 1.54) is 21.3 Å². The van der Waals surface area contributed by atoms with Crippen LogP contribution in [0.25, 0.3) is 0 Å². The minimum absolute atomic E-state index is 0.362. The lowest BCUT2D eigenvalue weighted by Gasteiger charge is -2.22. The SMILES string of the molecule is CCCc1ccc(C2(C)NC(=O)N(CC(=O)Nc3cc(OC)c(OC)c(OC)c3)C2=O)cc1. The molecular weight excluding hydrogens is 426 g/mol. The van der Waals surface area contributed by atoms with Gasteiger partial charge in [0, 0.05) is 17.8 Å². The molecule has 9 nitrogen and oxygen atoms in total. The molecule has 4 amide bonds. The zero-order valence-corrected chi connectivity index (χ0v) is 19.5. The standard InChI is InChI=1S/C24H29N3O6/c1-6-7-15-8-10-16(11-9-15)24(2)22(29)27(23(30)26-24)14-20(28)25-17-12-18(31-3)21(33-5)19(13-17)32-4/h8-13H,6-7,14H2,1-5H3,(H,25,28)(H,26,30). The minimum Gasteiger partial charge on any atom is -0.493 e. The Balaban J connectivity index is 1.75. The molecule has 1 fully saturated rings. The highest BCUT2D eigenvalue weighted by Gasteiger charge is 2.49. The number of aryl methyl sites for hydroxylation is 1. The molecule has 1 atom stereocenters. The van der Waals surface area contributed by atoms with Gasteiger partial charge in [0.15, 0.2) is 11.5 Å². The van der Waals surface area contributed by atoms with Gasteiger partial charge in [-0.3, -0.25) is 14.5 Å². The average Bonchev–Trinajstić information content (AvgIpc) is 3.02. The van der Waals surface area contributed by atoms with Crippen molar-refractivity contribution in [1.29, 1.82) is 0 Å². The Morgan fingerprint density at radius 1 is 1.03 bits per heavy atom. The highest BCUT2D eigenvalue weighted by atomic mass is 16.5. The Hall–Kier alpha value is -3.75.